The Morgan fingerprint density at radius 3 is 2.53 bits per heavy atom. The highest BCUT2D eigenvalue weighted by Crippen LogP contribution is 2.30. The maximum Gasteiger partial charge on any atom is 0.232 e. The maximum absolute atomic E-state index is 12.5. The normalized spacial score (nSPS) is 14.4. The fourth-order valence-electron chi connectivity index (χ4n) is 4.10. The highest BCUT2D eigenvalue weighted by atomic mass is 35.5. The molecular formula is C24H31ClN2O4S. The van der Waals surface area contributed by atoms with E-state index in [1.165, 1.54) is 35.4 Å². The number of anilines is 1. The Kier molecular flexibility index (Phi) is 8.06. The van der Waals surface area contributed by atoms with Crippen LogP contribution in [0.15, 0.2) is 36.4 Å². The molecule has 1 atom stereocenters. The van der Waals surface area contributed by atoms with Crippen LogP contribution in [0, 0.1) is 0 Å². The number of benzene rings is 2. The van der Waals surface area contributed by atoms with E-state index in [-0.39, 0.29) is 24.9 Å². The molecule has 174 valence electrons. The average Bonchev–Trinajstić information content (AvgIpc) is 2.75. The predicted molar refractivity (Wildman–Crippen MR) is 129 cm³/mol. The number of aryl methyl sites for hydroxylation is 2. The van der Waals surface area contributed by atoms with Gasteiger partial charge in [-0.2, -0.15) is 0 Å². The molecule has 0 saturated carbocycles. The zero-order chi connectivity index (χ0) is 23.3. The minimum Gasteiger partial charge on any atom is -0.495 e. The van der Waals surface area contributed by atoms with Gasteiger partial charge >= 0.3 is 0 Å². The summed E-state index contributed by atoms with van der Waals surface area (Å²) >= 11 is 6.16. The smallest absolute Gasteiger partial charge is 0.232 e. The number of rotatable bonds is 9. The van der Waals surface area contributed by atoms with Gasteiger partial charge in [0.05, 0.1) is 30.1 Å². The monoisotopic (exact) mass is 478 g/mol. The number of nitrogens with zero attached hydrogens (tertiary/aromatic N) is 1. The largest absolute Gasteiger partial charge is 0.495 e. The van der Waals surface area contributed by atoms with E-state index in [4.69, 9.17) is 16.3 Å². The van der Waals surface area contributed by atoms with E-state index < -0.39 is 10.0 Å². The van der Waals surface area contributed by atoms with Crippen LogP contribution in [0.25, 0.3) is 0 Å². The summed E-state index contributed by atoms with van der Waals surface area (Å²) in [6.07, 6.45) is 6.44. The number of hydrogen-bond donors (Lipinski definition) is 1. The Morgan fingerprint density at radius 2 is 1.88 bits per heavy atom. The van der Waals surface area contributed by atoms with Gasteiger partial charge < -0.3 is 10.1 Å². The second kappa shape index (κ2) is 10.6. The fraction of sp³-hybridized carbons (Fsp3) is 0.458. The molecule has 0 aliphatic heterocycles. The van der Waals surface area contributed by atoms with Crippen LogP contribution in [0.5, 0.6) is 5.75 Å². The van der Waals surface area contributed by atoms with E-state index in [0.717, 1.165) is 24.7 Å². The van der Waals surface area contributed by atoms with Crippen molar-refractivity contribution in [2.24, 2.45) is 0 Å². The van der Waals surface area contributed by atoms with Crippen LogP contribution in [0.3, 0.4) is 0 Å². The third-order valence-electron chi connectivity index (χ3n) is 5.84. The fourth-order valence-corrected chi connectivity index (χ4v) is 5.31. The van der Waals surface area contributed by atoms with Crippen LogP contribution in [0.1, 0.15) is 55.3 Å². The summed E-state index contributed by atoms with van der Waals surface area (Å²) in [5.41, 5.74) is 4.35. The molecule has 1 unspecified atom stereocenters. The Bertz CT molecular complexity index is 1070. The summed E-state index contributed by atoms with van der Waals surface area (Å²) in [7, 11) is -2.03. The molecule has 32 heavy (non-hydrogen) atoms. The van der Waals surface area contributed by atoms with Gasteiger partial charge in [0.1, 0.15) is 5.75 Å². The van der Waals surface area contributed by atoms with E-state index in [1.807, 2.05) is 6.92 Å². The Morgan fingerprint density at radius 1 is 1.16 bits per heavy atom. The van der Waals surface area contributed by atoms with Gasteiger partial charge in [0, 0.05) is 13.0 Å². The lowest BCUT2D eigenvalue weighted by Gasteiger charge is -2.23. The standard InChI is InChI=1S/C24H31ClN2O4S/c1-17(19-11-10-18-7-4-5-8-20(18)15-19)26-24(28)9-6-14-27(32(3,29)30)21-12-13-23(31-2)22(25)16-21/h10-13,15-17H,4-9,14H2,1-3H3,(H,26,28). The van der Waals surface area contributed by atoms with Gasteiger partial charge in [-0.3, -0.25) is 9.10 Å². The van der Waals surface area contributed by atoms with Crippen molar-refractivity contribution in [1.29, 1.82) is 0 Å². The number of methoxy groups -OCH3 is 1. The summed E-state index contributed by atoms with van der Waals surface area (Å²) in [5, 5.41) is 3.36. The highest BCUT2D eigenvalue weighted by molar-refractivity contribution is 7.92. The predicted octanol–water partition coefficient (Wildman–Crippen LogP) is 4.65. The number of carbonyl (C=O) groups is 1. The minimum absolute atomic E-state index is 0.0962. The molecule has 3 rings (SSSR count). The number of ether oxygens (including phenoxy) is 1. The molecule has 0 bridgehead atoms. The molecule has 0 radical (unpaired) electrons. The van der Waals surface area contributed by atoms with E-state index in [2.05, 4.69) is 23.5 Å². The van der Waals surface area contributed by atoms with Crippen molar-refractivity contribution >= 4 is 33.2 Å². The number of nitrogens with one attached hydrogen (secondary N) is 1. The third-order valence-corrected chi connectivity index (χ3v) is 7.33. The first-order chi connectivity index (χ1) is 15.2. The molecule has 0 saturated heterocycles. The van der Waals surface area contributed by atoms with Crippen LogP contribution >= 0.6 is 11.6 Å². The summed E-state index contributed by atoms with van der Waals surface area (Å²) in [6, 6.07) is 11.2. The Hall–Kier alpha value is -2.25. The molecule has 2 aromatic rings. The van der Waals surface area contributed by atoms with Crippen LogP contribution in [0.2, 0.25) is 5.02 Å². The molecule has 1 aliphatic carbocycles. The van der Waals surface area contributed by atoms with Gasteiger partial charge in [-0.05, 0) is 73.9 Å². The number of carbonyl (C=O) groups excluding carboxylic acids is 1. The molecule has 2 aromatic carbocycles. The molecular weight excluding hydrogens is 448 g/mol. The van der Waals surface area contributed by atoms with Crippen molar-refractivity contribution in [2.75, 3.05) is 24.2 Å². The molecule has 1 N–H and O–H groups in total. The van der Waals surface area contributed by atoms with Crippen molar-refractivity contribution < 1.29 is 17.9 Å². The molecule has 8 heteroatoms. The zero-order valence-electron chi connectivity index (χ0n) is 18.9. The van der Waals surface area contributed by atoms with Gasteiger partial charge in [0.25, 0.3) is 0 Å². The summed E-state index contributed by atoms with van der Waals surface area (Å²) in [4.78, 5) is 12.5. The van der Waals surface area contributed by atoms with E-state index >= 15 is 0 Å². The second-order valence-electron chi connectivity index (χ2n) is 8.28. The van der Waals surface area contributed by atoms with Crippen molar-refractivity contribution in [3.8, 4) is 5.75 Å². The first kappa shape index (κ1) is 24.4. The van der Waals surface area contributed by atoms with Crippen molar-refractivity contribution in [3.63, 3.8) is 0 Å². The first-order valence-electron chi connectivity index (χ1n) is 10.9. The third kappa shape index (κ3) is 6.17. The minimum atomic E-state index is -3.52. The van der Waals surface area contributed by atoms with Crippen LogP contribution in [0.4, 0.5) is 5.69 Å². The number of fused-ring (bicyclic) bond motifs is 1. The SMILES string of the molecule is COc1ccc(N(CCCC(=O)NC(C)c2ccc3c(c2)CCCC3)S(C)(=O)=O)cc1Cl. The van der Waals surface area contributed by atoms with Crippen molar-refractivity contribution in [2.45, 2.75) is 51.5 Å². The maximum atomic E-state index is 12.5. The lowest BCUT2D eigenvalue weighted by molar-refractivity contribution is -0.121. The molecule has 0 heterocycles. The van der Waals surface area contributed by atoms with Crippen molar-refractivity contribution in [3.05, 3.63) is 58.1 Å². The molecule has 0 aromatic heterocycles. The molecule has 6 nitrogen and oxygen atoms in total. The summed E-state index contributed by atoms with van der Waals surface area (Å²) < 4.78 is 31.0. The summed E-state index contributed by atoms with van der Waals surface area (Å²) in [6.45, 7) is 2.16. The lowest BCUT2D eigenvalue weighted by atomic mass is 9.89. The van der Waals surface area contributed by atoms with E-state index in [9.17, 15) is 13.2 Å². The zero-order valence-corrected chi connectivity index (χ0v) is 20.4. The topological polar surface area (TPSA) is 75.7 Å². The number of sulfonamides is 1. The van der Waals surface area contributed by atoms with Crippen LogP contribution in [-0.2, 0) is 27.7 Å². The highest BCUT2D eigenvalue weighted by Gasteiger charge is 2.20. The quantitative estimate of drug-likeness (QED) is 0.569. The van der Waals surface area contributed by atoms with E-state index in [0.29, 0.717) is 22.9 Å². The number of amides is 1. The molecule has 1 aliphatic rings. The van der Waals surface area contributed by atoms with Gasteiger partial charge in [0.2, 0.25) is 15.9 Å². The van der Waals surface area contributed by atoms with Crippen LogP contribution in [-0.4, -0.2) is 34.2 Å². The lowest BCUT2D eigenvalue weighted by Crippen LogP contribution is -2.32. The Labute approximate surface area is 196 Å². The first-order valence-corrected chi connectivity index (χ1v) is 13.1. The van der Waals surface area contributed by atoms with E-state index in [1.54, 1.807) is 18.2 Å². The average molecular weight is 479 g/mol. The van der Waals surface area contributed by atoms with Crippen molar-refractivity contribution in [1.82, 2.24) is 5.32 Å². The van der Waals surface area contributed by atoms with Crippen LogP contribution < -0.4 is 14.4 Å². The van der Waals surface area contributed by atoms with Gasteiger partial charge in [-0.15, -0.1) is 0 Å². The second-order valence-corrected chi connectivity index (χ2v) is 10.6. The molecule has 0 fully saturated rings. The Balaban J connectivity index is 1.57. The van der Waals surface area contributed by atoms with Gasteiger partial charge in [-0.25, -0.2) is 8.42 Å². The number of halogens is 1. The van der Waals surface area contributed by atoms with Gasteiger partial charge in [-0.1, -0.05) is 29.8 Å². The number of hydrogen-bond acceptors (Lipinski definition) is 4. The molecule has 1 amide bonds. The molecule has 0 spiro atoms. The van der Waals surface area contributed by atoms with Gasteiger partial charge in [0.15, 0.2) is 0 Å². The summed E-state index contributed by atoms with van der Waals surface area (Å²) in [5.74, 6) is 0.371.